The van der Waals surface area contributed by atoms with Crippen LogP contribution in [0.3, 0.4) is 0 Å². The minimum atomic E-state index is -0.191. The number of hydrogen-bond donors (Lipinski definition) is 1. The third-order valence-electron chi connectivity index (χ3n) is 1.98. The molecule has 1 atom stereocenters. The number of rotatable bonds is 6. The normalized spacial score (nSPS) is 13.0. The number of thiol groups is 1. The van der Waals surface area contributed by atoms with Crippen molar-refractivity contribution in [2.24, 2.45) is 0 Å². The number of amides is 1. The molecule has 0 aliphatic rings. The summed E-state index contributed by atoms with van der Waals surface area (Å²) in [5.74, 6) is 0.136. The summed E-state index contributed by atoms with van der Waals surface area (Å²) in [6, 6.07) is 0. The van der Waals surface area contributed by atoms with Gasteiger partial charge in [-0.15, -0.1) is 0 Å². The first-order chi connectivity index (χ1) is 6.49. The van der Waals surface area contributed by atoms with Crippen LogP contribution in [0.5, 0.6) is 0 Å². The van der Waals surface area contributed by atoms with Gasteiger partial charge in [0.15, 0.2) is 0 Å². The lowest BCUT2D eigenvalue weighted by atomic mass is 10.3. The summed E-state index contributed by atoms with van der Waals surface area (Å²) >= 11 is 4.16. The monoisotopic (exact) mass is 218 g/mol. The average molecular weight is 218 g/mol. The zero-order valence-electron chi connectivity index (χ0n) is 9.66. The minimum absolute atomic E-state index is 0.136. The Hall–Kier alpha value is -0.220. The fourth-order valence-corrected chi connectivity index (χ4v) is 1.35. The van der Waals surface area contributed by atoms with Crippen LogP contribution in [-0.2, 0) is 4.79 Å². The summed E-state index contributed by atoms with van der Waals surface area (Å²) in [5, 5.41) is -0.191. The predicted octanol–water partition coefficient (Wildman–Crippen LogP) is 1.10. The van der Waals surface area contributed by atoms with E-state index in [1.165, 1.54) is 0 Å². The zero-order chi connectivity index (χ0) is 11.1. The van der Waals surface area contributed by atoms with Crippen LogP contribution in [0.2, 0.25) is 0 Å². The molecule has 4 heteroatoms. The van der Waals surface area contributed by atoms with Crippen LogP contribution in [0.15, 0.2) is 0 Å². The minimum Gasteiger partial charge on any atom is -0.340 e. The molecule has 0 spiro atoms. The molecule has 0 aliphatic carbocycles. The van der Waals surface area contributed by atoms with E-state index in [-0.39, 0.29) is 11.2 Å². The van der Waals surface area contributed by atoms with E-state index in [4.69, 9.17) is 0 Å². The topological polar surface area (TPSA) is 23.6 Å². The smallest absolute Gasteiger partial charge is 0.235 e. The Kier molecular flexibility index (Phi) is 7.01. The summed E-state index contributed by atoms with van der Waals surface area (Å²) in [7, 11) is 4.03. The van der Waals surface area contributed by atoms with Gasteiger partial charge < -0.3 is 9.80 Å². The molecule has 0 bridgehead atoms. The number of nitrogens with zero attached hydrogens (tertiary/aromatic N) is 2. The molecule has 3 nitrogen and oxygen atoms in total. The Morgan fingerprint density at radius 1 is 1.29 bits per heavy atom. The molecule has 0 heterocycles. The number of likely N-dealkylation sites (N-methyl/N-ethyl adjacent to an activating group) is 1. The summed E-state index contributed by atoms with van der Waals surface area (Å²) in [6.45, 7) is 6.44. The number of hydrogen-bond acceptors (Lipinski definition) is 3. The maximum absolute atomic E-state index is 11.7. The van der Waals surface area contributed by atoms with Gasteiger partial charge in [0.25, 0.3) is 0 Å². The molecular weight excluding hydrogens is 196 g/mol. The zero-order valence-corrected chi connectivity index (χ0v) is 10.6. The molecule has 0 rings (SSSR count). The van der Waals surface area contributed by atoms with E-state index in [0.29, 0.717) is 0 Å². The molecule has 1 amide bonds. The Bertz CT molecular complexity index is 172. The molecule has 0 aromatic rings. The Labute approximate surface area is 92.9 Å². The van der Waals surface area contributed by atoms with E-state index in [1.54, 1.807) is 0 Å². The van der Waals surface area contributed by atoms with Crippen LogP contribution in [0, 0.1) is 0 Å². The third-order valence-corrected chi connectivity index (χ3v) is 2.20. The fraction of sp³-hybridized carbons (Fsp3) is 0.900. The van der Waals surface area contributed by atoms with Gasteiger partial charge in [-0.3, -0.25) is 4.79 Å². The average Bonchev–Trinajstić information content (AvgIpc) is 2.10. The van der Waals surface area contributed by atoms with Crippen molar-refractivity contribution in [3.05, 3.63) is 0 Å². The predicted molar refractivity (Wildman–Crippen MR) is 63.9 cm³/mol. The Morgan fingerprint density at radius 3 is 2.21 bits per heavy atom. The van der Waals surface area contributed by atoms with Gasteiger partial charge in [-0.1, -0.05) is 6.92 Å². The van der Waals surface area contributed by atoms with E-state index >= 15 is 0 Å². The highest BCUT2D eigenvalue weighted by molar-refractivity contribution is 7.81. The molecule has 0 N–H and O–H groups in total. The van der Waals surface area contributed by atoms with Crippen molar-refractivity contribution in [2.45, 2.75) is 25.5 Å². The number of carbonyl (C=O) groups is 1. The van der Waals surface area contributed by atoms with Gasteiger partial charge in [0.05, 0.1) is 5.25 Å². The van der Waals surface area contributed by atoms with Gasteiger partial charge in [0.2, 0.25) is 5.91 Å². The van der Waals surface area contributed by atoms with Crippen LogP contribution < -0.4 is 0 Å². The van der Waals surface area contributed by atoms with E-state index < -0.39 is 0 Å². The Morgan fingerprint density at radius 2 is 1.86 bits per heavy atom. The van der Waals surface area contributed by atoms with Crippen molar-refractivity contribution in [3.8, 4) is 0 Å². The van der Waals surface area contributed by atoms with Crippen molar-refractivity contribution in [1.82, 2.24) is 9.80 Å². The molecule has 84 valence electrons. The summed E-state index contributed by atoms with van der Waals surface area (Å²) in [6.07, 6.45) is 1.000. The standard InChI is InChI=1S/C10H22N2OS/c1-5-6-12(8-7-11(3)4)10(13)9(2)14/h9,14H,5-8H2,1-4H3. The molecule has 0 saturated carbocycles. The lowest BCUT2D eigenvalue weighted by molar-refractivity contribution is -0.130. The maximum atomic E-state index is 11.7. The van der Waals surface area contributed by atoms with Gasteiger partial charge in [-0.2, -0.15) is 12.6 Å². The van der Waals surface area contributed by atoms with Gasteiger partial charge in [0.1, 0.15) is 0 Å². The second-order valence-corrected chi connectivity index (χ2v) is 4.58. The summed E-state index contributed by atoms with van der Waals surface area (Å²) in [5.41, 5.74) is 0. The van der Waals surface area contributed by atoms with Crippen molar-refractivity contribution in [2.75, 3.05) is 33.7 Å². The van der Waals surface area contributed by atoms with E-state index in [9.17, 15) is 4.79 Å². The molecule has 14 heavy (non-hydrogen) atoms. The molecule has 1 unspecified atom stereocenters. The highest BCUT2D eigenvalue weighted by Gasteiger charge is 2.16. The van der Waals surface area contributed by atoms with Crippen LogP contribution in [0.4, 0.5) is 0 Å². The first-order valence-electron chi connectivity index (χ1n) is 5.10. The first kappa shape index (κ1) is 13.8. The Balaban J connectivity index is 4.07. The summed E-state index contributed by atoms with van der Waals surface area (Å²) in [4.78, 5) is 15.6. The van der Waals surface area contributed by atoms with Gasteiger partial charge in [-0.05, 0) is 27.4 Å². The molecular formula is C10H22N2OS. The molecule has 0 aromatic carbocycles. The molecule has 0 saturated heterocycles. The van der Waals surface area contributed by atoms with Crippen LogP contribution >= 0.6 is 12.6 Å². The highest BCUT2D eigenvalue weighted by atomic mass is 32.1. The largest absolute Gasteiger partial charge is 0.340 e. The molecule has 0 radical (unpaired) electrons. The maximum Gasteiger partial charge on any atom is 0.235 e. The van der Waals surface area contributed by atoms with Gasteiger partial charge in [-0.25, -0.2) is 0 Å². The quantitative estimate of drug-likeness (QED) is 0.675. The SMILES string of the molecule is CCCN(CCN(C)C)C(=O)C(C)S. The third kappa shape index (κ3) is 5.50. The van der Waals surface area contributed by atoms with Crippen molar-refractivity contribution in [3.63, 3.8) is 0 Å². The van der Waals surface area contributed by atoms with Gasteiger partial charge in [0, 0.05) is 19.6 Å². The molecule has 0 aliphatic heterocycles. The van der Waals surface area contributed by atoms with E-state index in [0.717, 1.165) is 26.1 Å². The van der Waals surface area contributed by atoms with Gasteiger partial charge >= 0.3 is 0 Å². The molecule has 0 fully saturated rings. The van der Waals surface area contributed by atoms with Crippen molar-refractivity contribution in [1.29, 1.82) is 0 Å². The fourth-order valence-electron chi connectivity index (χ4n) is 1.19. The lowest BCUT2D eigenvalue weighted by Gasteiger charge is -2.25. The van der Waals surface area contributed by atoms with Crippen molar-refractivity contribution < 1.29 is 4.79 Å². The van der Waals surface area contributed by atoms with Crippen molar-refractivity contribution >= 4 is 18.5 Å². The van der Waals surface area contributed by atoms with E-state index in [2.05, 4.69) is 24.5 Å². The second kappa shape index (κ2) is 7.12. The first-order valence-corrected chi connectivity index (χ1v) is 5.62. The van der Waals surface area contributed by atoms with Crippen LogP contribution in [-0.4, -0.2) is 54.7 Å². The lowest BCUT2D eigenvalue weighted by Crippen LogP contribution is -2.40. The number of carbonyl (C=O) groups excluding carboxylic acids is 1. The van der Waals surface area contributed by atoms with Crippen LogP contribution in [0.25, 0.3) is 0 Å². The van der Waals surface area contributed by atoms with Crippen LogP contribution in [0.1, 0.15) is 20.3 Å². The summed E-state index contributed by atoms with van der Waals surface area (Å²) < 4.78 is 0. The highest BCUT2D eigenvalue weighted by Crippen LogP contribution is 2.02. The van der Waals surface area contributed by atoms with E-state index in [1.807, 2.05) is 25.9 Å². The second-order valence-electron chi connectivity index (χ2n) is 3.80. The molecule has 0 aromatic heterocycles.